The van der Waals surface area contributed by atoms with E-state index in [4.69, 9.17) is 21.6 Å². The molecule has 1 aromatic heterocycles. The number of hydrogen-bond acceptors (Lipinski definition) is 4. The van der Waals surface area contributed by atoms with Gasteiger partial charge in [0.15, 0.2) is 6.61 Å². The number of aryl methyl sites for hydroxylation is 1. The van der Waals surface area contributed by atoms with Gasteiger partial charge < -0.3 is 10.1 Å². The zero-order valence-electron chi connectivity index (χ0n) is 11.1. The van der Waals surface area contributed by atoms with Gasteiger partial charge in [-0.2, -0.15) is 5.26 Å². The number of rotatable bonds is 5. The van der Waals surface area contributed by atoms with E-state index in [1.807, 2.05) is 43.3 Å². The van der Waals surface area contributed by atoms with Crippen LogP contribution < -0.4 is 10.1 Å². The molecule has 1 aromatic carbocycles. The minimum absolute atomic E-state index is 0.0403. The Morgan fingerprint density at radius 3 is 2.95 bits per heavy atom. The molecular formula is C15H14ClN3O. The quantitative estimate of drug-likeness (QED) is 0.854. The van der Waals surface area contributed by atoms with E-state index in [0.29, 0.717) is 17.4 Å². The molecule has 4 nitrogen and oxygen atoms in total. The third kappa shape index (κ3) is 3.62. The molecule has 0 unspecified atom stereocenters. The summed E-state index contributed by atoms with van der Waals surface area (Å²) in [5.41, 5.74) is 2.79. The molecular weight excluding hydrogens is 274 g/mol. The Labute approximate surface area is 123 Å². The molecule has 0 saturated carbocycles. The molecule has 0 aliphatic heterocycles. The summed E-state index contributed by atoms with van der Waals surface area (Å²) in [6, 6.07) is 11.5. The molecule has 0 fully saturated rings. The highest BCUT2D eigenvalue weighted by molar-refractivity contribution is 6.30. The summed E-state index contributed by atoms with van der Waals surface area (Å²) >= 11 is 5.89. The monoisotopic (exact) mass is 287 g/mol. The van der Waals surface area contributed by atoms with Gasteiger partial charge >= 0.3 is 0 Å². The van der Waals surface area contributed by atoms with Crippen LogP contribution in [0.5, 0.6) is 5.75 Å². The van der Waals surface area contributed by atoms with E-state index in [0.717, 1.165) is 16.8 Å². The number of para-hydroxylation sites is 1. The highest BCUT2D eigenvalue weighted by Crippen LogP contribution is 2.21. The Balaban J connectivity index is 2.06. The van der Waals surface area contributed by atoms with Crippen molar-refractivity contribution in [2.75, 3.05) is 11.9 Å². The van der Waals surface area contributed by atoms with Crippen LogP contribution in [0, 0.1) is 18.3 Å². The zero-order chi connectivity index (χ0) is 14.4. The van der Waals surface area contributed by atoms with Gasteiger partial charge in [-0.1, -0.05) is 29.8 Å². The largest absolute Gasteiger partial charge is 0.478 e. The molecule has 102 valence electrons. The third-order valence-corrected chi connectivity index (χ3v) is 3.16. The summed E-state index contributed by atoms with van der Waals surface area (Å²) in [4.78, 5) is 4.09. The van der Waals surface area contributed by atoms with E-state index in [-0.39, 0.29) is 6.61 Å². The van der Waals surface area contributed by atoms with Gasteiger partial charge in [-0.15, -0.1) is 0 Å². The topological polar surface area (TPSA) is 57.9 Å². The van der Waals surface area contributed by atoms with Gasteiger partial charge in [0.1, 0.15) is 17.0 Å². The number of nitrogens with one attached hydrogen (secondary N) is 1. The van der Waals surface area contributed by atoms with Crippen LogP contribution in [-0.2, 0) is 6.54 Å². The summed E-state index contributed by atoms with van der Waals surface area (Å²) in [5, 5.41) is 12.3. The van der Waals surface area contributed by atoms with Gasteiger partial charge in [0.2, 0.25) is 0 Å². The fourth-order valence-corrected chi connectivity index (χ4v) is 1.86. The van der Waals surface area contributed by atoms with Crippen molar-refractivity contribution in [3.05, 3.63) is 52.8 Å². The maximum atomic E-state index is 8.57. The third-order valence-electron chi connectivity index (χ3n) is 2.76. The van der Waals surface area contributed by atoms with Crippen LogP contribution in [0.1, 0.15) is 11.1 Å². The van der Waals surface area contributed by atoms with E-state index >= 15 is 0 Å². The second kappa shape index (κ2) is 6.78. The van der Waals surface area contributed by atoms with Crippen LogP contribution in [0.15, 0.2) is 36.5 Å². The van der Waals surface area contributed by atoms with Gasteiger partial charge in [0, 0.05) is 12.1 Å². The minimum atomic E-state index is 0.0403. The molecule has 0 atom stereocenters. The number of nitriles is 1. The molecule has 20 heavy (non-hydrogen) atoms. The Morgan fingerprint density at radius 1 is 1.40 bits per heavy atom. The van der Waals surface area contributed by atoms with Crippen molar-refractivity contribution in [3.8, 4) is 11.8 Å². The van der Waals surface area contributed by atoms with Gasteiger partial charge in [0.05, 0.1) is 11.9 Å². The van der Waals surface area contributed by atoms with Crippen molar-refractivity contribution in [1.29, 1.82) is 5.26 Å². The number of hydrogen-bond donors (Lipinski definition) is 1. The first-order chi connectivity index (χ1) is 9.70. The van der Waals surface area contributed by atoms with Crippen LogP contribution in [0.2, 0.25) is 5.15 Å². The smallest absolute Gasteiger partial charge is 0.174 e. The summed E-state index contributed by atoms with van der Waals surface area (Å²) in [7, 11) is 0. The molecule has 0 aliphatic rings. The predicted molar refractivity (Wildman–Crippen MR) is 78.9 cm³/mol. The number of ether oxygens (including phenoxy) is 1. The van der Waals surface area contributed by atoms with Crippen LogP contribution in [-0.4, -0.2) is 11.6 Å². The molecule has 2 aromatic rings. The summed E-state index contributed by atoms with van der Waals surface area (Å²) in [5.74, 6) is 0.709. The van der Waals surface area contributed by atoms with Gasteiger partial charge in [-0.05, 0) is 24.6 Å². The van der Waals surface area contributed by atoms with Crippen molar-refractivity contribution in [1.82, 2.24) is 4.98 Å². The maximum absolute atomic E-state index is 8.57. The molecule has 2 rings (SSSR count). The molecule has 0 spiro atoms. The predicted octanol–water partition coefficient (Wildman–Crippen LogP) is 3.56. The van der Waals surface area contributed by atoms with Gasteiger partial charge in [-0.25, -0.2) is 4.98 Å². The van der Waals surface area contributed by atoms with E-state index < -0.39 is 0 Å². The maximum Gasteiger partial charge on any atom is 0.174 e. The lowest BCUT2D eigenvalue weighted by molar-refractivity contribution is 0.364. The average molecular weight is 288 g/mol. The van der Waals surface area contributed by atoms with Crippen molar-refractivity contribution in [2.45, 2.75) is 13.5 Å². The van der Waals surface area contributed by atoms with Crippen LogP contribution in [0.4, 0.5) is 5.69 Å². The number of anilines is 1. The second-order valence-electron chi connectivity index (χ2n) is 4.24. The van der Waals surface area contributed by atoms with Crippen molar-refractivity contribution in [3.63, 3.8) is 0 Å². The fourth-order valence-electron chi connectivity index (χ4n) is 1.75. The number of benzene rings is 1. The van der Waals surface area contributed by atoms with Crippen molar-refractivity contribution >= 4 is 17.3 Å². The Bertz CT molecular complexity index is 637. The Kier molecular flexibility index (Phi) is 4.80. The number of pyridine rings is 1. The van der Waals surface area contributed by atoms with Crippen molar-refractivity contribution in [2.24, 2.45) is 0 Å². The highest BCUT2D eigenvalue weighted by atomic mass is 35.5. The molecule has 5 heteroatoms. The Hall–Kier alpha value is -2.25. The normalized spacial score (nSPS) is 9.85. The summed E-state index contributed by atoms with van der Waals surface area (Å²) in [6.45, 7) is 2.54. The molecule has 0 amide bonds. The van der Waals surface area contributed by atoms with Gasteiger partial charge in [0.25, 0.3) is 0 Å². The highest BCUT2D eigenvalue weighted by Gasteiger charge is 2.04. The lowest BCUT2D eigenvalue weighted by Gasteiger charge is -2.11. The van der Waals surface area contributed by atoms with Gasteiger partial charge in [-0.3, -0.25) is 0 Å². The molecule has 1 heterocycles. The van der Waals surface area contributed by atoms with Crippen LogP contribution >= 0.6 is 11.6 Å². The minimum Gasteiger partial charge on any atom is -0.478 e. The van der Waals surface area contributed by atoms with E-state index in [2.05, 4.69) is 10.3 Å². The Morgan fingerprint density at radius 2 is 2.20 bits per heavy atom. The number of nitrogens with zero attached hydrogens (tertiary/aromatic N) is 2. The van der Waals surface area contributed by atoms with E-state index in [1.165, 1.54) is 0 Å². The molecule has 0 radical (unpaired) electrons. The summed E-state index contributed by atoms with van der Waals surface area (Å²) in [6.07, 6.45) is 1.69. The second-order valence-corrected chi connectivity index (χ2v) is 4.60. The standard InChI is InChI=1S/C15H14ClN3O/c1-11-8-13(10-19-15(11)16)18-9-12-4-2-3-5-14(12)20-7-6-17/h2-5,8,10,18H,7,9H2,1H3. The molecule has 0 bridgehead atoms. The van der Waals surface area contributed by atoms with E-state index in [9.17, 15) is 0 Å². The lowest BCUT2D eigenvalue weighted by Crippen LogP contribution is -2.04. The van der Waals surface area contributed by atoms with Crippen LogP contribution in [0.25, 0.3) is 0 Å². The average Bonchev–Trinajstić information content (AvgIpc) is 2.47. The lowest BCUT2D eigenvalue weighted by atomic mass is 10.2. The zero-order valence-corrected chi connectivity index (χ0v) is 11.8. The first-order valence-corrected chi connectivity index (χ1v) is 6.52. The van der Waals surface area contributed by atoms with Crippen molar-refractivity contribution < 1.29 is 4.74 Å². The summed E-state index contributed by atoms with van der Waals surface area (Å²) < 4.78 is 5.38. The number of halogens is 1. The number of aromatic nitrogens is 1. The van der Waals surface area contributed by atoms with E-state index in [1.54, 1.807) is 6.20 Å². The van der Waals surface area contributed by atoms with Crippen LogP contribution in [0.3, 0.4) is 0 Å². The molecule has 0 aliphatic carbocycles. The fraction of sp³-hybridized carbons (Fsp3) is 0.200. The first-order valence-electron chi connectivity index (χ1n) is 6.14. The molecule has 1 N–H and O–H groups in total. The SMILES string of the molecule is Cc1cc(NCc2ccccc2OCC#N)cnc1Cl. The molecule has 0 saturated heterocycles. The first kappa shape index (κ1) is 14.2.